The molecular weight excluding hydrogens is 490 g/mol. The minimum atomic E-state index is 0.749. The van der Waals surface area contributed by atoms with Gasteiger partial charge in [-0.25, -0.2) is 0 Å². The van der Waals surface area contributed by atoms with Crippen LogP contribution in [-0.2, 0) is 6.54 Å². The van der Waals surface area contributed by atoms with Crippen molar-refractivity contribution in [1.29, 1.82) is 0 Å². The van der Waals surface area contributed by atoms with E-state index in [0.717, 1.165) is 60.4 Å². The van der Waals surface area contributed by atoms with Gasteiger partial charge in [-0.1, -0.05) is 72.3 Å². The molecule has 5 heteroatoms. The number of nitrogens with zero attached hydrogens (tertiary/aromatic N) is 2. The molecule has 4 nitrogen and oxygen atoms in total. The molecule has 0 unspecified atom stereocenters. The third kappa shape index (κ3) is 4.78. The number of piperazine rings is 1. The zero-order chi connectivity index (χ0) is 26.1. The van der Waals surface area contributed by atoms with E-state index >= 15 is 0 Å². The number of rotatable bonds is 6. The van der Waals surface area contributed by atoms with Gasteiger partial charge in [0.25, 0.3) is 0 Å². The van der Waals surface area contributed by atoms with Crippen molar-refractivity contribution in [2.75, 3.05) is 38.2 Å². The van der Waals surface area contributed by atoms with Crippen LogP contribution < -0.4 is 9.64 Å². The molecule has 0 amide bonds. The first kappa shape index (κ1) is 24.6. The monoisotopic (exact) mass is 521 g/mol. The van der Waals surface area contributed by atoms with Crippen LogP contribution in [0.5, 0.6) is 5.75 Å². The van der Waals surface area contributed by atoms with Gasteiger partial charge >= 0.3 is 0 Å². The molecule has 0 aliphatic carbocycles. The van der Waals surface area contributed by atoms with Crippen molar-refractivity contribution in [2.24, 2.45) is 0 Å². The molecule has 0 saturated carbocycles. The fraction of sp³-hybridized carbons (Fsp3) is 0.212. The minimum absolute atomic E-state index is 0.749. The number of aromatic nitrogens is 1. The predicted molar refractivity (Wildman–Crippen MR) is 159 cm³/mol. The summed E-state index contributed by atoms with van der Waals surface area (Å²) in [5, 5.41) is 3.28. The zero-order valence-electron chi connectivity index (χ0n) is 21.9. The summed E-state index contributed by atoms with van der Waals surface area (Å²) >= 11 is 6.24. The number of benzene rings is 4. The molecular formula is C33H32ClN3O. The summed E-state index contributed by atoms with van der Waals surface area (Å²) in [5.74, 6) is 0.937. The quantitative estimate of drug-likeness (QED) is 0.247. The van der Waals surface area contributed by atoms with Gasteiger partial charge in [0.05, 0.1) is 18.5 Å². The Bertz CT molecular complexity index is 1570. The van der Waals surface area contributed by atoms with Crippen molar-refractivity contribution >= 4 is 28.1 Å². The Hall–Kier alpha value is -3.73. The molecule has 4 aromatic carbocycles. The molecule has 192 valence electrons. The average Bonchev–Trinajstić information content (AvgIpc) is 3.36. The lowest BCUT2D eigenvalue weighted by Crippen LogP contribution is -2.46. The largest absolute Gasteiger partial charge is 0.495 e. The van der Waals surface area contributed by atoms with E-state index in [1.54, 1.807) is 7.11 Å². The van der Waals surface area contributed by atoms with E-state index in [1.165, 1.54) is 33.2 Å². The summed E-state index contributed by atoms with van der Waals surface area (Å²) < 4.78 is 5.61. The Balaban J connectivity index is 1.32. The zero-order valence-corrected chi connectivity index (χ0v) is 22.6. The maximum absolute atomic E-state index is 6.24. The van der Waals surface area contributed by atoms with Crippen LogP contribution in [0.15, 0.2) is 91.0 Å². The van der Waals surface area contributed by atoms with E-state index in [1.807, 2.05) is 24.3 Å². The molecule has 5 aromatic rings. The van der Waals surface area contributed by atoms with Crippen LogP contribution in [0.2, 0.25) is 5.02 Å². The molecule has 38 heavy (non-hydrogen) atoms. The highest BCUT2D eigenvalue weighted by molar-refractivity contribution is 6.30. The first-order valence-electron chi connectivity index (χ1n) is 13.2. The van der Waals surface area contributed by atoms with Crippen LogP contribution in [-0.4, -0.2) is 43.2 Å². The maximum Gasteiger partial charge on any atom is 0.142 e. The Morgan fingerprint density at radius 3 is 2.37 bits per heavy atom. The molecule has 1 aliphatic rings. The number of aryl methyl sites for hydroxylation is 1. The van der Waals surface area contributed by atoms with E-state index < -0.39 is 0 Å². The Labute approximate surface area is 229 Å². The van der Waals surface area contributed by atoms with E-state index in [-0.39, 0.29) is 0 Å². The molecule has 1 aliphatic heterocycles. The molecule has 1 fully saturated rings. The predicted octanol–water partition coefficient (Wildman–Crippen LogP) is 7.79. The van der Waals surface area contributed by atoms with Crippen molar-refractivity contribution < 1.29 is 4.74 Å². The summed E-state index contributed by atoms with van der Waals surface area (Å²) in [4.78, 5) is 8.79. The van der Waals surface area contributed by atoms with Gasteiger partial charge in [0, 0.05) is 49.0 Å². The molecule has 1 N–H and O–H groups in total. The highest BCUT2D eigenvalue weighted by Crippen LogP contribution is 2.36. The summed E-state index contributed by atoms with van der Waals surface area (Å²) in [6.45, 7) is 7.00. The maximum atomic E-state index is 6.24. The van der Waals surface area contributed by atoms with E-state index in [9.17, 15) is 0 Å². The third-order valence-electron chi connectivity index (χ3n) is 7.63. The lowest BCUT2D eigenvalue weighted by molar-refractivity contribution is 0.249. The number of halogens is 1. The number of aromatic amines is 1. The van der Waals surface area contributed by atoms with Crippen LogP contribution in [0.3, 0.4) is 0 Å². The van der Waals surface area contributed by atoms with Crippen LogP contribution in [0.25, 0.3) is 33.3 Å². The average molecular weight is 522 g/mol. The van der Waals surface area contributed by atoms with E-state index in [0.29, 0.717) is 0 Å². The highest BCUT2D eigenvalue weighted by Gasteiger charge is 2.22. The number of hydrogen-bond acceptors (Lipinski definition) is 3. The Kier molecular flexibility index (Phi) is 6.84. The number of para-hydroxylation sites is 2. The topological polar surface area (TPSA) is 31.5 Å². The third-order valence-corrected chi connectivity index (χ3v) is 7.88. The number of hydrogen-bond donors (Lipinski definition) is 1. The second kappa shape index (κ2) is 10.6. The SMILES string of the molecule is COc1ccccc1N1CCN(Cc2cc(-c3c(C)ccc4ccccc34)[nH]c2-c2ccc(Cl)cc2)CC1. The lowest BCUT2D eigenvalue weighted by atomic mass is 9.97. The van der Waals surface area contributed by atoms with Gasteiger partial charge in [0.2, 0.25) is 0 Å². The number of fused-ring (bicyclic) bond motifs is 1. The van der Waals surface area contributed by atoms with E-state index in [4.69, 9.17) is 16.3 Å². The van der Waals surface area contributed by atoms with Gasteiger partial charge in [-0.05, 0) is 64.7 Å². The van der Waals surface area contributed by atoms with Crippen LogP contribution in [0.1, 0.15) is 11.1 Å². The lowest BCUT2D eigenvalue weighted by Gasteiger charge is -2.36. The van der Waals surface area contributed by atoms with Crippen LogP contribution in [0.4, 0.5) is 5.69 Å². The second-order valence-corrected chi connectivity index (χ2v) is 10.4. The summed E-state index contributed by atoms with van der Waals surface area (Å²) in [6.07, 6.45) is 0. The van der Waals surface area contributed by atoms with Crippen molar-refractivity contribution in [1.82, 2.24) is 9.88 Å². The molecule has 1 aromatic heterocycles. The van der Waals surface area contributed by atoms with Gasteiger partial charge in [0.1, 0.15) is 5.75 Å². The first-order chi connectivity index (χ1) is 18.6. The molecule has 6 rings (SSSR count). The summed E-state index contributed by atoms with van der Waals surface area (Å²) in [6, 6.07) is 31.9. The van der Waals surface area contributed by atoms with E-state index in [2.05, 4.69) is 88.4 Å². The molecule has 0 atom stereocenters. The van der Waals surface area contributed by atoms with Gasteiger partial charge in [-0.2, -0.15) is 0 Å². The standard InChI is InChI=1S/C33H32ClN3O/c1-23-11-12-24-7-3-4-8-28(24)32(23)29-21-26(33(35-29)25-13-15-27(34)16-14-25)22-36-17-19-37(20-18-36)30-9-5-6-10-31(30)38-2/h3-16,21,35H,17-20,22H2,1-2H3. The Morgan fingerprint density at radius 2 is 1.58 bits per heavy atom. The summed E-state index contributed by atoms with van der Waals surface area (Å²) in [5.41, 5.74) is 8.49. The number of H-pyrrole nitrogens is 1. The second-order valence-electron chi connectivity index (χ2n) is 10.0. The number of methoxy groups -OCH3 is 1. The highest BCUT2D eigenvalue weighted by atomic mass is 35.5. The van der Waals surface area contributed by atoms with Crippen molar-refractivity contribution in [3.63, 3.8) is 0 Å². The smallest absolute Gasteiger partial charge is 0.142 e. The Morgan fingerprint density at radius 1 is 0.842 bits per heavy atom. The van der Waals surface area contributed by atoms with Crippen molar-refractivity contribution in [3.05, 3.63) is 107 Å². The molecule has 2 heterocycles. The normalized spacial score (nSPS) is 14.2. The van der Waals surface area contributed by atoms with Gasteiger partial charge in [-0.15, -0.1) is 0 Å². The van der Waals surface area contributed by atoms with Gasteiger partial charge < -0.3 is 14.6 Å². The number of ether oxygens (including phenoxy) is 1. The number of anilines is 1. The van der Waals surface area contributed by atoms with Crippen molar-refractivity contribution in [2.45, 2.75) is 13.5 Å². The molecule has 0 spiro atoms. The van der Waals surface area contributed by atoms with Crippen LogP contribution >= 0.6 is 11.6 Å². The fourth-order valence-electron chi connectivity index (χ4n) is 5.65. The summed E-state index contributed by atoms with van der Waals surface area (Å²) in [7, 11) is 1.74. The van der Waals surface area contributed by atoms with Gasteiger partial charge in [-0.3, -0.25) is 4.90 Å². The van der Waals surface area contributed by atoms with Crippen LogP contribution in [0, 0.1) is 6.92 Å². The fourth-order valence-corrected chi connectivity index (χ4v) is 5.77. The molecule has 0 radical (unpaired) electrons. The van der Waals surface area contributed by atoms with Crippen molar-refractivity contribution in [3.8, 4) is 28.3 Å². The molecule has 1 saturated heterocycles. The first-order valence-corrected chi connectivity index (χ1v) is 13.6. The minimum Gasteiger partial charge on any atom is -0.495 e. The molecule has 0 bridgehead atoms. The van der Waals surface area contributed by atoms with Gasteiger partial charge in [0.15, 0.2) is 0 Å². The number of nitrogens with one attached hydrogen (secondary N) is 1.